The Morgan fingerprint density at radius 3 is 0.812 bits per heavy atom. The van der Waals surface area contributed by atoms with E-state index in [0.717, 1.165) is 122 Å². The normalized spacial score (nSPS) is 13.2. The Morgan fingerprint density at radius 2 is 0.500 bits per heavy atom. The fourth-order valence-corrected chi connectivity index (χ4v) is 8.49. The number of hydrogen-bond acceptors (Lipinski definition) is 6. The average molecular weight is 1100 g/mol. The SMILES string of the molecule is CC/C=C\C/C=C\C/C=C\C/C=C\C/C=C\C/C=C\C/C=C\CCCC(=O)OCC(COC(=O)CCCCCCCCCCCCCCCCCCCC)OC(=O)CCCC/C=C\C/C=C\C/C=C\C/C=C\C/C=C\C/C=C\CC. The minimum Gasteiger partial charge on any atom is -0.462 e. The Bertz CT molecular complexity index is 1790. The second-order valence-electron chi connectivity index (χ2n) is 20.9. The predicted octanol–water partition coefficient (Wildman–Crippen LogP) is 22.5. The van der Waals surface area contributed by atoms with Gasteiger partial charge in [-0.15, -0.1) is 0 Å². The standard InChI is InChI=1S/C74H118O6/c1-4-7-10-13-16-19-22-25-28-31-34-36-37-39-40-43-46-49-52-55-58-61-64-67-73(76)79-70-71(69-78-72(75)66-63-60-57-54-51-48-45-42-33-30-27-24-21-18-15-12-9-6-3)80-74(77)68-65-62-59-56-53-50-47-44-41-38-35-32-29-26-23-20-17-14-11-8-5-2/h7-8,10-11,16-17,19-20,25-26,28-29,34-36,38-40,44,46-47,49,53,55-56,58,71H,4-6,9,12-15,18,21-24,27,30-33,37,41-43,45,48,50-52,54,57,59-70H2,1-3H3/b10-7-,11-8-,19-16-,20-17-,28-25-,29-26-,36-34-,38-35-,40-39-,47-44-,49-46-,56-53-,58-55-. The molecule has 80 heavy (non-hydrogen) atoms. The highest BCUT2D eigenvalue weighted by molar-refractivity contribution is 5.71. The van der Waals surface area contributed by atoms with E-state index >= 15 is 0 Å². The highest BCUT2D eigenvalue weighted by Crippen LogP contribution is 2.16. The summed E-state index contributed by atoms with van der Waals surface area (Å²) in [6.45, 7) is 6.34. The van der Waals surface area contributed by atoms with E-state index in [2.05, 4.69) is 179 Å². The summed E-state index contributed by atoms with van der Waals surface area (Å²) in [6, 6.07) is 0. The van der Waals surface area contributed by atoms with Crippen molar-refractivity contribution >= 4 is 17.9 Å². The maximum absolute atomic E-state index is 12.9. The molecule has 0 aromatic carbocycles. The topological polar surface area (TPSA) is 78.9 Å². The molecule has 0 heterocycles. The van der Waals surface area contributed by atoms with Gasteiger partial charge in [0.1, 0.15) is 13.2 Å². The van der Waals surface area contributed by atoms with Gasteiger partial charge in [-0.25, -0.2) is 0 Å². The third kappa shape index (κ3) is 63.9. The summed E-state index contributed by atoms with van der Waals surface area (Å²) in [5.41, 5.74) is 0. The molecule has 1 atom stereocenters. The summed E-state index contributed by atoms with van der Waals surface area (Å²) < 4.78 is 16.9. The zero-order valence-corrected chi connectivity index (χ0v) is 51.5. The Balaban J connectivity index is 4.58. The second-order valence-corrected chi connectivity index (χ2v) is 20.9. The number of carbonyl (C=O) groups is 3. The minimum atomic E-state index is -0.833. The zero-order valence-electron chi connectivity index (χ0n) is 51.5. The maximum Gasteiger partial charge on any atom is 0.306 e. The smallest absolute Gasteiger partial charge is 0.306 e. The lowest BCUT2D eigenvalue weighted by atomic mass is 10.0. The highest BCUT2D eigenvalue weighted by Gasteiger charge is 2.19. The fourth-order valence-electron chi connectivity index (χ4n) is 8.49. The van der Waals surface area contributed by atoms with Crippen molar-refractivity contribution in [3.05, 3.63) is 158 Å². The van der Waals surface area contributed by atoms with Crippen LogP contribution in [0.3, 0.4) is 0 Å². The lowest BCUT2D eigenvalue weighted by molar-refractivity contribution is -0.167. The molecule has 0 fully saturated rings. The van der Waals surface area contributed by atoms with Gasteiger partial charge in [-0.3, -0.25) is 14.4 Å². The molecule has 6 heteroatoms. The van der Waals surface area contributed by atoms with Gasteiger partial charge < -0.3 is 14.2 Å². The molecular weight excluding hydrogens is 985 g/mol. The summed E-state index contributed by atoms with van der Waals surface area (Å²) in [5, 5.41) is 0. The molecule has 0 rings (SSSR count). The van der Waals surface area contributed by atoms with E-state index in [9.17, 15) is 14.4 Å². The maximum atomic E-state index is 12.9. The Hall–Kier alpha value is -4.97. The summed E-state index contributed by atoms with van der Waals surface area (Å²) in [6.07, 6.45) is 96.8. The number of ether oxygens (including phenoxy) is 3. The molecule has 0 N–H and O–H groups in total. The third-order valence-electron chi connectivity index (χ3n) is 13.3. The summed E-state index contributed by atoms with van der Waals surface area (Å²) in [7, 11) is 0. The molecule has 0 aromatic heterocycles. The van der Waals surface area contributed by atoms with Gasteiger partial charge >= 0.3 is 17.9 Å². The molecule has 0 spiro atoms. The van der Waals surface area contributed by atoms with Crippen LogP contribution in [0.5, 0.6) is 0 Å². The lowest BCUT2D eigenvalue weighted by Gasteiger charge is -2.18. The first-order chi connectivity index (χ1) is 39.5. The molecule has 0 saturated heterocycles. The number of unbranched alkanes of at least 4 members (excludes halogenated alkanes) is 20. The van der Waals surface area contributed by atoms with Crippen LogP contribution in [-0.2, 0) is 28.6 Å². The quantitative estimate of drug-likeness (QED) is 0.0261. The van der Waals surface area contributed by atoms with Crippen LogP contribution in [0.15, 0.2) is 158 Å². The van der Waals surface area contributed by atoms with E-state index in [4.69, 9.17) is 14.2 Å². The van der Waals surface area contributed by atoms with E-state index in [0.29, 0.717) is 19.3 Å². The predicted molar refractivity (Wildman–Crippen MR) is 348 cm³/mol. The van der Waals surface area contributed by atoms with Crippen molar-refractivity contribution in [3.8, 4) is 0 Å². The summed E-state index contributed by atoms with van der Waals surface area (Å²) in [5.74, 6) is -1.02. The number of esters is 3. The fraction of sp³-hybridized carbons (Fsp3) is 0.608. The van der Waals surface area contributed by atoms with Gasteiger partial charge in [0, 0.05) is 19.3 Å². The van der Waals surface area contributed by atoms with Crippen molar-refractivity contribution in [2.24, 2.45) is 0 Å². The molecule has 0 aliphatic carbocycles. The van der Waals surface area contributed by atoms with Crippen LogP contribution in [-0.4, -0.2) is 37.2 Å². The number of carbonyl (C=O) groups excluding carboxylic acids is 3. The van der Waals surface area contributed by atoms with E-state index < -0.39 is 6.10 Å². The minimum absolute atomic E-state index is 0.118. The van der Waals surface area contributed by atoms with Gasteiger partial charge in [-0.1, -0.05) is 288 Å². The first-order valence-corrected chi connectivity index (χ1v) is 32.5. The molecule has 0 aliphatic heterocycles. The van der Waals surface area contributed by atoms with Gasteiger partial charge in [0.05, 0.1) is 0 Å². The molecular formula is C74H118O6. The van der Waals surface area contributed by atoms with Crippen LogP contribution in [0, 0.1) is 0 Å². The van der Waals surface area contributed by atoms with Gasteiger partial charge in [0.25, 0.3) is 0 Å². The molecule has 0 radical (unpaired) electrons. The van der Waals surface area contributed by atoms with Gasteiger partial charge in [-0.2, -0.15) is 0 Å². The Labute approximate surface area is 492 Å². The van der Waals surface area contributed by atoms with Crippen LogP contribution < -0.4 is 0 Å². The second kappa shape index (κ2) is 66.5. The Kier molecular flexibility index (Phi) is 62.4. The monoisotopic (exact) mass is 1100 g/mol. The number of allylic oxidation sites excluding steroid dienone is 26. The Morgan fingerprint density at radius 1 is 0.263 bits per heavy atom. The average Bonchev–Trinajstić information content (AvgIpc) is 3.46. The largest absolute Gasteiger partial charge is 0.462 e. The summed E-state index contributed by atoms with van der Waals surface area (Å²) >= 11 is 0. The van der Waals surface area contributed by atoms with Crippen LogP contribution in [0.2, 0.25) is 0 Å². The molecule has 0 saturated carbocycles. The van der Waals surface area contributed by atoms with Gasteiger partial charge in [-0.05, 0) is 122 Å². The summed E-state index contributed by atoms with van der Waals surface area (Å²) in [4.78, 5) is 38.4. The van der Waals surface area contributed by atoms with Crippen LogP contribution in [0.25, 0.3) is 0 Å². The van der Waals surface area contributed by atoms with Crippen molar-refractivity contribution in [2.75, 3.05) is 13.2 Å². The van der Waals surface area contributed by atoms with Crippen LogP contribution >= 0.6 is 0 Å². The van der Waals surface area contributed by atoms with Crippen molar-refractivity contribution in [3.63, 3.8) is 0 Å². The van der Waals surface area contributed by atoms with E-state index in [1.165, 1.54) is 96.3 Å². The van der Waals surface area contributed by atoms with Crippen molar-refractivity contribution < 1.29 is 28.6 Å². The van der Waals surface area contributed by atoms with Crippen molar-refractivity contribution in [1.82, 2.24) is 0 Å². The van der Waals surface area contributed by atoms with E-state index in [1.807, 2.05) is 0 Å². The van der Waals surface area contributed by atoms with E-state index in [1.54, 1.807) is 0 Å². The highest BCUT2D eigenvalue weighted by atomic mass is 16.6. The number of rotatable bonds is 57. The first-order valence-electron chi connectivity index (χ1n) is 32.5. The van der Waals surface area contributed by atoms with Crippen molar-refractivity contribution in [1.29, 1.82) is 0 Å². The first kappa shape index (κ1) is 75.0. The zero-order chi connectivity index (χ0) is 57.8. The van der Waals surface area contributed by atoms with Crippen LogP contribution in [0.1, 0.15) is 271 Å². The lowest BCUT2D eigenvalue weighted by Crippen LogP contribution is -2.30. The third-order valence-corrected chi connectivity index (χ3v) is 13.3. The van der Waals surface area contributed by atoms with Gasteiger partial charge in [0.15, 0.2) is 6.10 Å². The molecule has 0 aromatic rings. The molecule has 450 valence electrons. The van der Waals surface area contributed by atoms with Crippen LogP contribution in [0.4, 0.5) is 0 Å². The molecule has 0 amide bonds. The molecule has 1 unspecified atom stereocenters. The van der Waals surface area contributed by atoms with E-state index in [-0.39, 0.29) is 44.0 Å². The van der Waals surface area contributed by atoms with Gasteiger partial charge in [0.2, 0.25) is 0 Å². The molecule has 6 nitrogen and oxygen atoms in total. The number of hydrogen-bond donors (Lipinski definition) is 0. The molecule has 0 aliphatic rings. The van der Waals surface area contributed by atoms with Crippen molar-refractivity contribution in [2.45, 2.75) is 277 Å². The molecule has 0 bridgehead atoms.